The van der Waals surface area contributed by atoms with E-state index in [1.54, 1.807) is 10.0 Å². The minimum Gasteiger partial charge on any atom is -0.245 e. The number of hydrazine groups is 2. The van der Waals surface area contributed by atoms with Crippen LogP contribution in [0, 0.1) is 0 Å². The van der Waals surface area contributed by atoms with Gasteiger partial charge in [0, 0.05) is 0 Å². The Hall–Kier alpha value is -3.15. The number of anilines is 2. The van der Waals surface area contributed by atoms with Gasteiger partial charge in [0.15, 0.2) is 0 Å². The molecule has 5 heteroatoms. The van der Waals surface area contributed by atoms with Gasteiger partial charge in [-0.2, -0.15) is 0 Å². The van der Waals surface area contributed by atoms with Gasteiger partial charge in [0.2, 0.25) is 0 Å². The molecule has 2 amide bonds. The van der Waals surface area contributed by atoms with Gasteiger partial charge in [-0.3, -0.25) is 0 Å². The van der Waals surface area contributed by atoms with E-state index >= 15 is 0 Å². The van der Waals surface area contributed by atoms with Crippen LogP contribution < -0.4 is 20.9 Å². The van der Waals surface area contributed by atoms with Crippen molar-refractivity contribution in [2.75, 3.05) is 10.0 Å². The first kappa shape index (κ1) is 19.2. The Morgan fingerprint density at radius 2 is 1.28 bits per heavy atom. The van der Waals surface area contributed by atoms with Crippen molar-refractivity contribution in [3.63, 3.8) is 0 Å². The third-order valence-electron chi connectivity index (χ3n) is 5.38. The summed E-state index contributed by atoms with van der Waals surface area (Å²) in [6.45, 7) is 4.43. The molecule has 1 atom stereocenters. The van der Waals surface area contributed by atoms with Crippen molar-refractivity contribution in [3.8, 4) is 0 Å². The first-order valence-corrected chi connectivity index (χ1v) is 10.0. The van der Waals surface area contributed by atoms with Crippen LogP contribution in [0.5, 0.6) is 0 Å². The minimum absolute atomic E-state index is 0.185. The molecular weight excluding hydrogens is 360 g/mol. The molecule has 1 heterocycles. The van der Waals surface area contributed by atoms with E-state index in [4.69, 9.17) is 0 Å². The number of nitrogens with one attached hydrogen (secondary N) is 2. The van der Waals surface area contributed by atoms with Gasteiger partial charge in [0.1, 0.15) is 6.17 Å². The van der Waals surface area contributed by atoms with E-state index in [1.807, 2.05) is 60.7 Å². The van der Waals surface area contributed by atoms with E-state index in [1.165, 1.54) is 5.56 Å². The van der Waals surface area contributed by atoms with Gasteiger partial charge in [-0.05, 0) is 47.7 Å². The molecule has 5 nitrogen and oxygen atoms in total. The topological polar surface area (TPSA) is 47.6 Å². The zero-order chi connectivity index (χ0) is 20.2. The summed E-state index contributed by atoms with van der Waals surface area (Å²) in [5, 5.41) is 3.19. The van der Waals surface area contributed by atoms with Crippen molar-refractivity contribution in [1.29, 1.82) is 0 Å². The molecule has 4 rings (SSSR count). The van der Waals surface area contributed by atoms with E-state index in [-0.39, 0.29) is 12.2 Å². The van der Waals surface area contributed by atoms with Gasteiger partial charge < -0.3 is 0 Å². The maximum Gasteiger partial charge on any atom is 0.358 e. The Kier molecular flexibility index (Phi) is 5.60. The maximum atomic E-state index is 13.2. The Balaban J connectivity index is 1.67. The summed E-state index contributed by atoms with van der Waals surface area (Å²) in [5.41, 5.74) is 10.6. The fourth-order valence-corrected chi connectivity index (χ4v) is 3.42. The monoisotopic (exact) mass is 386 g/mol. The van der Waals surface area contributed by atoms with Gasteiger partial charge >= 0.3 is 6.03 Å². The van der Waals surface area contributed by atoms with Gasteiger partial charge in [-0.25, -0.2) is 25.7 Å². The fraction of sp³-hybridized carbons (Fsp3) is 0.208. The molecular formula is C24H26N4O. The molecule has 1 aliphatic rings. The average molecular weight is 386 g/mol. The highest BCUT2D eigenvalue weighted by molar-refractivity contribution is 6.03. The van der Waals surface area contributed by atoms with Crippen molar-refractivity contribution in [3.05, 3.63) is 96.1 Å². The summed E-state index contributed by atoms with van der Waals surface area (Å²) < 4.78 is 0. The molecule has 0 bridgehead atoms. The van der Waals surface area contributed by atoms with Gasteiger partial charge in [-0.15, -0.1) is 0 Å². The molecule has 0 aromatic heterocycles. The second-order valence-electron chi connectivity index (χ2n) is 7.29. The molecule has 148 valence electrons. The Morgan fingerprint density at radius 1 is 0.793 bits per heavy atom. The molecule has 0 saturated carbocycles. The normalized spacial score (nSPS) is 16.1. The fourth-order valence-electron chi connectivity index (χ4n) is 3.42. The zero-order valence-electron chi connectivity index (χ0n) is 16.7. The second-order valence-corrected chi connectivity index (χ2v) is 7.29. The van der Waals surface area contributed by atoms with Crippen molar-refractivity contribution in [1.82, 2.24) is 10.9 Å². The first-order valence-electron chi connectivity index (χ1n) is 10.0. The summed E-state index contributed by atoms with van der Waals surface area (Å²) in [5.74, 6) is 0.527. The van der Waals surface area contributed by atoms with Crippen molar-refractivity contribution < 1.29 is 4.79 Å². The minimum atomic E-state index is -0.251. The largest absolute Gasteiger partial charge is 0.358 e. The van der Waals surface area contributed by atoms with E-state index in [9.17, 15) is 4.79 Å². The quantitative estimate of drug-likeness (QED) is 0.621. The molecule has 1 unspecified atom stereocenters. The molecule has 0 radical (unpaired) electrons. The van der Waals surface area contributed by atoms with Crippen LogP contribution in [0.15, 0.2) is 84.9 Å². The highest BCUT2D eigenvalue weighted by Crippen LogP contribution is 2.26. The average Bonchev–Trinajstić information content (AvgIpc) is 2.80. The standard InChI is InChI=1S/C24H26N4O/c1-3-18(2)19-14-16-20(17-15-19)23-25-27(21-10-6-4-7-11-21)24(29)28(26-23)22-12-8-5-9-13-22/h4-18,23,25-26H,3H2,1-2H3. The Labute approximate surface area is 171 Å². The van der Waals surface area contributed by atoms with Crippen LogP contribution >= 0.6 is 0 Å². The number of amides is 2. The van der Waals surface area contributed by atoms with E-state index in [2.05, 4.69) is 49.0 Å². The SMILES string of the molecule is CCC(C)c1ccc(C2NN(c3ccccc3)C(=O)N(c3ccccc3)N2)cc1. The summed E-state index contributed by atoms with van der Waals surface area (Å²) in [4.78, 5) is 13.2. The molecule has 1 saturated heterocycles. The Bertz CT molecular complexity index is 892. The van der Waals surface area contributed by atoms with Crippen LogP contribution in [0.1, 0.15) is 43.5 Å². The zero-order valence-corrected chi connectivity index (χ0v) is 16.7. The predicted molar refractivity (Wildman–Crippen MR) is 117 cm³/mol. The number of benzene rings is 3. The molecule has 0 aliphatic carbocycles. The molecule has 3 aromatic rings. The number of urea groups is 1. The lowest BCUT2D eigenvalue weighted by Crippen LogP contribution is -2.65. The predicted octanol–water partition coefficient (Wildman–Crippen LogP) is 5.35. The third-order valence-corrected chi connectivity index (χ3v) is 5.38. The molecule has 2 N–H and O–H groups in total. The van der Waals surface area contributed by atoms with Crippen molar-refractivity contribution in [2.24, 2.45) is 0 Å². The first-order chi connectivity index (χ1) is 14.2. The summed E-state index contributed by atoms with van der Waals surface area (Å²) in [7, 11) is 0. The second kappa shape index (κ2) is 8.47. The van der Waals surface area contributed by atoms with E-state index in [0.29, 0.717) is 5.92 Å². The number of nitrogens with zero attached hydrogens (tertiary/aromatic N) is 2. The third kappa shape index (κ3) is 4.01. The lowest BCUT2D eigenvalue weighted by atomic mass is 9.97. The van der Waals surface area contributed by atoms with Crippen LogP contribution in [-0.4, -0.2) is 6.03 Å². The lowest BCUT2D eigenvalue weighted by molar-refractivity contribution is 0.231. The highest BCUT2D eigenvalue weighted by atomic mass is 16.2. The summed E-state index contributed by atoms with van der Waals surface area (Å²) in [6.07, 6.45) is 0.858. The lowest BCUT2D eigenvalue weighted by Gasteiger charge is -2.41. The maximum absolute atomic E-state index is 13.2. The van der Waals surface area contributed by atoms with Crippen molar-refractivity contribution in [2.45, 2.75) is 32.4 Å². The Morgan fingerprint density at radius 3 is 1.72 bits per heavy atom. The summed E-state index contributed by atoms with van der Waals surface area (Å²) in [6, 6.07) is 27.7. The van der Waals surface area contributed by atoms with Gasteiger partial charge in [0.05, 0.1) is 11.4 Å². The van der Waals surface area contributed by atoms with Crippen LogP contribution in [-0.2, 0) is 0 Å². The number of carbonyl (C=O) groups excluding carboxylic acids is 1. The molecule has 1 aliphatic heterocycles. The van der Waals surface area contributed by atoms with E-state index < -0.39 is 0 Å². The van der Waals surface area contributed by atoms with Crippen molar-refractivity contribution >= 4 is 17.4 Å². The number of carbonyl (C=O) groups is 1. The van der Waals surface area contributed by atoms with Crippen LogP contribution in [0.4, 0.5) is 16.2 Å². The smallest absolute Gasteiger partial charge is 0.245 e. The van der Waals surface area contributed by atoms with Crippen LogP contribution in [0.25, 0.3) is 0 Å². The molecule has 29 heavy (non-hydrogen) atoms. The van der Waals surface area contributed by atoms with Crippen LogP contribution in [0.2, 0.25) is 0 Å². The summed E-state index contributed by atoms with van der Waals surface area (Å²) >= 11 is 0. The number of hydrogen-bond donors (Lipinski definition) is 2. The van der Waals surface area contributed by atoms with Gasteiger partial charge in [-0.1, -0.05) is 74.5 Å². The van der Waals surface area contributed by atoms with Gasteiger partial charge in [0.25, 0.3) is 0 Å². The number of para-hydroxylation sites is 2. The van der Waals surface area contributed by atoms with E-state index in [0.717, 1.165) is 23.4 Å². The number of hydrogen-bond acceptors (Lipinski definition) is 3. The molecule has 1 fully saturated rings. The molecule has 3 aromatic carbocycles. The molecule has 0 spiro atoms. The highest BCUT2D eigenvalue weighted by Gasteiger charge is 2.33. The van der Waals surface area contributed by atoms with Crippen LogP contribution in [0.3, 0.4) is 0 Å². The number of rotatable bonds is 5.